The zero-order valence-electron chi connectivity index (χ0n) is 9.98. The van der Waals surface area contributed by atoms with Crippen LogP contribution in [0.25, 0.3) is 0 Å². The lowest BCUT2D eigenvalue weighted by molar-refractivity contribution is -0.137. The van der Waals surface area contributed by atoms with Crippen molar-refractivity contribution in [3.05, 3.63) is 46.0 Å². The summed E-state index contributed by atoms with van der Waals surface area (Å²) in [4.78, 5) is 0.488. The van der Waals surface area contributed by atoms with Crippen LogP contribution in [0.3, 0.4) is 0 Å². The van der Waals surface area contributed by atoms with E-state index in [9.17, 15) is 18.3 Å². The Morgan fingerprint density at radius 2 is 2.11 bits per heavy atom. The molecule has 2 aromatic rings. The predicted octanol–water partition coefficient (Wildman–Crippen LogP) is 3.20. The number of hydrogen-bond acceptors (Lipinski definition) is 4. The maximum Gasteiger partial charge on any atom is 0.416 e. The Kier molecular flexibility index (Phi) is 3.86. The normalized spacial score (nSPS) is 13.5. The third kappa shape index (κ3) is 2.93. The molecule has 102 valence electrons. The molecule has 1 heterocycles. The highest BCUT2D eigenvalue weighted by molar-refractivity contribution is 7.05. The number of aryl methyl sites for hydroxylation is 1. The standard InChI is InChI=1S/C12H11F3N2OS/c1-2-9-11(19-17-16-9)10(18)7-4-3-5-8(6-7)12(13,14)15/h3-6,10,18H,2H2,1H3. The molecule has 1 unspecified atom stereocenters. The summed E-state index contributed by atoms with van der Waals surface area (Å²) in [7, 11) is 0. The summed E-state index contributed by atoms with van der Waals surface area (Å²) in [6.45, 7) is 1.85. The van der Waals surface area contributed by atoms with E-state index in [0.717, 1.165) is 23.7 Å². The number of alkyl halides is 3. The van der Waals surface area contributed by atoms with E-state index >= 15 is 0 Å². The minimum absolute atomic E-state index is 0.190. The monoisotopic (exact) mass is 288 g/mol. The van der Waals surface area contributed by atoms with Gasteiger partial charge in [0.2, 0.25) is 0 Å². The van der Waals surface area contributed by atoms with Crippen LogP contribution < -0.4 is 0 Å². The molecule has 0 saturated carbocycles. The molecule has 1 atom stereocenters. The van der Waals surface area contributed by atoms with Crippen LogP contribution in [0, 0.1) is 0 Å². The minimum atomic E-state index is -4.42. The molecule has 3 nitrogen and oxygen atoms in total. The lowest BCUT2D eigenvalue weighted by Gasteiger charge is -2.12. The van der Waals surface area contributed by atoms with Crippen molar-refractivity contribution in [3.63, 3.8) is 0 Å². The van der Waals surface area contributed by atoms with Gasteiger partial charge in [-0.05, 0) is 35.6 Å². The fourth-order valence-corrected chi connectivity index (χ4v) is 2.46. The third-order valence-corrected chi connectivity index (χ3v) is 3.52. The SMILES string of the molecule is CCc1nnsc1C(O)c1cccc(C(F)(F)F)c1. The van der Waals surface area contributed by atoms with Gasteiger partial charge in [-0.3, -0.25) is 0 Å². The zero-order chi connectivity index (χ0) is 14.0. The van der Waals surface area contributed by atoms with Crippen LogP contribution in [-0.4, -0.2) is 14.7 Å². The molecule has 0 saturated heterocycles. The molecule has 0 aliphatic carbocycles. The number of aliphatic hydroxyl groups excluding tert-OH is 1. The van der Waals surface area contributed by atoms with Crippen LogP contribution in [0.15, 0.2) is 24.3 Å². The van der Waals surface area contributed by atoms with Crippen molar-refractivity contribution in [1.29, 1.82) is 0 Å². The molecule has 0 aliphatic rings. The van der Waals surface area contributed by atoms with E-state index in [1.165, 1.54) is 12.1 Å². The number of aliphatic hydroxyl groups is 1. The Balaban J connectivity index is 2.37. The van der Waals surface area contributed by atoms with Gasteiger partial charge in [0.15, 0.2) is 0 Å². The Labute approximate surface area is 111 Å². The molecule has 1 N–H and O–H groups in total. The van der Waals surface area contributed by atoms with Gasteiger partial charge in [-0.2, -0.15) is 13.2 Å². The van der Waals surface area contributed by atoms with E-state index in [1.54, 1.807) is 0 Å². The van der Waals surface area contributed by atoms with Gasteiger partial charge in [-0.15, -0.1) is 5.10 Å². The van der Waals surface area contributed by atoms with Crippen molar-refractivity contribution in [1.82, 2.24) is 9.59 Å². The molecule has 0 radical (unpaired) electrons. The number of rotatable bonds is 3. The summed E-state index contributed by atoms with van der Waals surface area (Å²) in [5, 5.41) is 14.0. The Bertz CT molecular complexity index is 568. The molecule has 0 fully saturated rings. The molecule has 2 rings (SSSR count). The fourth-order valence-electron chi connectivity index (χ4n) is 1.70. The molecule has 7 heteroatoms. The quantitative estimate of drug-likeness (QED) is 0.943. The van der Waals surface area contributed by atoms with Crippen molar-refractivity contribution < 1.29 is 18.3 Å². The lowest BCUT2D eigenvalue weighted by atomic mass is 10.0. The van der Waals surface area contributed by atoms with Gasteiger partial charge in [-0.25, -0.2) is 0 Å². The average molecular weight is 288 g/mol. The molecule has 0 spiro atoms. The molecule has 0 amide bonds. The first-order chi connectivity index (χ1) is 8.93. The maximum atomic E-state index is 12.6. The molecule has 1 aromatic heterocycles. The first-order valence-electron chi connectivity index (χ1n) is 5.59. The topological polar surface area (TPSA) is 46.0 Å². The van der Waals surface area contributed by atoms with Crippen LogP contribution in [0.4, 0.5) is 13.2 Å². The zero-order valence-corrected chi connectivity index (χ0v) is 10.8. The smallest absolute Gasteiger partial charge is 0.383 e. The third-order valence-electron chi connectivity index (χ3n) is 2.70. The highest BCUT2D eigenvalue weighted by Gasteiger charge is 2.31. The summed E-state index contributed by atoms with van der Waals surface area (Å²) in [6.07, 6.45) is -4.98. The first kappa shape index (κ1) is 14.0. The van der Waals surface area contributed by atoms with Gasteiger partial charge < -0.3 is 5.11 Å². The van der Waals surface area contributed by atoms with E-state index in [0.29, 0.717) is 17.0 Å². The Hall–Kier alpha value is -1.47. The van der Waals surface area contributed by atoms with Crippen LogP contribution in [0.2, 0.25) is 0 Å². The summed E-state index contributed by atoms with van der Waals surface area (Å²) in [5.41, 5.74) is 0.0186. The van der Waals surface area contributed by atoms with E-state index in [2.05, 4.69) is 9.59 Å². The molecule has 0 bridgehead atoms. The summed E-state index contributed by atoms with van der Waals surface area (Å²) >= 11 is 0.998. The fraction of sp³-hybridized carbons (Fsp3) is 0.333. The van der Waals surface area contributed by atoms with Gasteiger partial charge in [0.05, 0.1) is 16.1 Å². The highest BCUT2D eigenvalue weighted by Crippen LogP contribution is 2.33. The summed E-state index contributed by atoms with van der Waals surface area (Å²) in [6, 6.07) is 4.66. The van der Waals surface area contributed by atoms with E-state index in [4.69, 9.17) is 0 Å². The van der Waals surface area contributed by atoms with Crippen LogP contribution in [0.5, 0.6) is 0 Å². The van der Waals surface area contributed by atoms with E-state index in [-0.39, 0.29) is 5.56 Å². The number of benzene rings is 1. The van der Waals surface area contributed by atoms with Gasteiger partial charge in [-0.1, -0.05) is 23.5 Å². The minimum Gasteiger partial charge on any atom is -0.383 e. The van der Waals surface area contributed by atoms with Crippen molar-refractivity contribution in [2.75, 3.05) is 0 Å². The first-order valence-corrected chi connectivity index (χ1v) is 6.37. The Morgan fingerprint density at radius 1 is 1.37 bits per heavy atom. The van der Waals surface area contributed by atoms with Crippen molar-refractivity contribution >= 4 is 11.5 Å². The van der Waals surface area contributed by atoms with Crippen LogP contribution in [-0.2, 0) is 12.6 Å². The number of hydrogen-bond donors (Lipinski definition) is 1. The maximum absolute atomic E-state index is 12.6. The average Bonchev–Trinajstić information content (AvgIpc) is 2.85. The van der Waals surface area contributed by atoms with Gasteiger partial charge >= 0.3 is 6.18 Å². The number of halogens is 3. The lowest BCUT2D eigenvalue weighted by Crippen LogP contribution is -2.07. The van der Waals surface area contributed by atoms with Crippen LogP contribution >= 0.6 is 11.5 Å². The van der Waals surface area contributed by atoms with E-state index in [1.807, 2.05) is 6.92 Å². The molecule has 19 heavy (non-hydrogen) atoms. The van der Waals surface area contributed by atoms with Gasteiger partial charge in [0.25, 0.3) is 0 Å². The van der Waals surface area contributed by atoms with Crippen molar-refractivity contribution in [2.24, 2.45) is 0 Å². The molecular weight excluding hydrogens is 277 g/mol. The van der Waals surface area contributed by atoms with Gasteiger partial charge in [0, 0.05) is 0 Å². The van der Waals surface area contributed by atoms with Crippen molar-refractivity contribution in [2.45, 2.75) is 25.6 Å². The summed E-state index contributed by atoms with van der Waals surface area (Å²) < 4.78 is 41.6. The van der Waals surface area contributed by atoms with Crippen LogP contribution in [0.1, 0.15) is 34.7 Å². The summed E-state index contributed by atoms with van der Waals surface area (Å²) in [5.74, 6) is 0. The number of nitrogens with zero attached hydrogens (tertiary/aromatic N) is 2. The van der Waals surface area contributed by atoms with Crippen molar-refractivity contribution in [3.8, 4) is 0 Å². The van der Waals surface area contributed by atoms with Gasteiger partial charge in [0.1, 0.15) is 6.10 Å². The number of aromatic nitrogens is 2. The molecular formula is C12H11F3N2OS. The predicted molar refractivity (Wildman–Crippen MR) is 64.8 cm³/mol. The largest absolute Gasteiger partial charge is 0.416 e. The van der Waals surface area contributed by atoms with E-state index < -0.39 is 17.8 Å². The molecule has 1 aromatic carbocycles. The second-order valence-electron chi connectivity index (χ2n) is 3.96. The highest BCUT2D eigenvalue weighted by atomic mass is 32.1. The molecule has 0 aliphatic heterocycles. The second-order valence-corrected chi connectivity index (χ2v) is 4.75. The Morgan fingerprint density at radius 3 is 2.74 bits per heavy atom. The second kappa shape index (κ2) is 5.26.